The van der Waals surface area contributed by atoms with Crippen molar-refractivity contribution in [3.05, 3.63) is 5.82 Å². The lowest BCUT2D eigenvalue weighted by Crippen LogP contribution is -2.30. The second-order valence-corrected chi connectivity index (χ2v) is 6.40. The molecule has 7 heteroatoms. The average molecular weight is 307 g/mol. The van der Waals surface area contributed by atoms with E-state index in [1.807, 2.05) is 19.0 Å². The Labute approximate surface area is 131 Å². The van der Waals surface area contributed by atoms with Crippen LogP contribution in [0, 0.1) is 5.92 Å². The summed E-state index contributed by atoms with van der Waals surface area (Å²) < 4.78 is 0. The van der Waals surface area contributed by atoms with E-state index < -0.39 is 5.97 Å². The molecule has 0 aliphatic heterocycles. The van der Waals surface area contributed by atoms with E-state index >= 15 is 0 Å². The van der Waals surface area contributed by atoms with E-state index in [0.717, 1.165) is 18.7 Å². The molecular weight excluding hydrogens is 282 g/mol. The van der Waals surface area contributed by atoms with Crippen LogP contribution in [0.2, 0.25) is 0 Å². The number of carboxylic acids is 1. The fraction of sp³-hybridized carbons (Fsp3) is 0.733. The van der Waals surface area contributed by atoms with Crippen LogP contribution < -0.4 is 10.2 Å². The lowest BCUT2D eigenvalue weighted by Gasteiger charge is -2.27. The Morgan fingerprint density at radius 3 is 2.32 bits per heavy atom. The maximum absolute atomic E-state index is 11.0. The monoisotopic (exact) mass is 307 g/mol. The molecule has 0 bridgehead atoms. The van der Waals surface area contributed by atoms with Gasteiger partial charge in [0.15, 0.2) is 0 Å². The van der Waals surface area contributed by atoms with Crippen molar-refractivity contribution in [2.24, 2.45) is 5.92 Å². The number of hydrogen-bond donors (Lipinski definition) is 2. The standard InChI is InChI=1S/C15H25N5O2/c1-9(2)12-17-14(19-15(18-12)20(3)4)16-11-7-5-10(6-8-11)13(21)22/h9-11H,5-8H2,1-4H3,(H,21,22)(H,16,17,18,19). The number of rotatable bonds is 5. The van der Waals surface area contributed by atoms with E-state index in [1.165, 1.54) is 0 Å². The summed E-state index contributed by atoms with van der Waals surface area (Å²) >= 11 is 0. The van der Waals surface area contributed by atoms with E-state index in [2.05, 4.69) is 34.1 Å². The van der Waals surface area contributed by atoms with Crippen molar-refractivity contribution in [1.29, 1.82) is 0 Å². The van der Waals surface area contributed by atoms with Crippen molar-refractivity contribution in [3.63, 3.8) is 0 Å². The first-order valence-corrected chi connectivity index (χ1v) is 7.79. The molecule has 0 spiro atoms. The van der Waals surface area contributed by atoms with Crippen LogP contribution in [0.3, 0.4) is 0 Å². The van der Waals surface area contributed by atoms with E-state index in [-0.39, 0.29) is 17.9 Å². The van der Waals surface area contributed by atoms with Crippen LogP contribution >= 0.6 is 0 Å². The predicted molar refractivity (Wildman–Crippen MR) is 85.2 cm³/mol. The van der Waals surface area contributed by atoms with Gasteiger partial charge in [-0.25, -0.2) is 0 Å². The van der Waals surface area contributed by atoms with Crippen molar-refractivity contribution in [2.75, 3.05) is 24.3 Å². The van der Waals surface area contributed by atoms with Gasteiger partial charge in [0.25, 0.3) is 0 Å². The summed E-state index contributed by atoms with van der Waals surface area (Å²) in [5.41, 5.74) is 0. The Morgan fingerprint density at radius 2 is 1.82 bits per heavy atom. The molecule has 7 nitrogen and oxygen atoms in total. The van der Waals surface area contributed by atoms with Gasteiger partial charge in [-0.15, -0.1) is 0 Å². The quantitative estimate of drug-likeness (QED) is 0.860. The van der Waals surface area contributed by atoms with Crippen molar-refractivity contribution >= 4 is 17.9 Å². The maximum Gasteiger partial charge on any atom is 0.306 e. The van der Waals surface area contributed by atoms with Gasteiger partial charge in [-0.05, 0) is 25.7 Å². The molecule has 1 fully saturated rings. The SMILES string of the molecule is CC(C)c1nc(NC2CCC(C(=O)O)CC2)nc(N(C)C)n1. The van der Waals surface area contributed by atoms with Gasteiger partial charge in [0.05, 0.1) is 5.92 Å². The van der Waals surface area contributed by atoms with Gasteiger partial charge in [-0.3, -0.25) is 4.79 Å². The lowest BCUT2D eigenvalue weighted by atomic mass is 9.86. The molecule has 22 heavy (non-hydrogen) atoms. The summed E-state index contributed by atoms with van der Waals surface area (Å²) in [7, 11) is 3.81. The van der Waals surface area contributed by atoms with Crippen LogP contribution in [0.4, 0.5) is 11.9 Å². The number of anilines is 2. The molecular formula is C15H25N5O2. The molecule has 122 valence electrons. The maximum atomic E-state index is 11.0. The average Bonchev–Trinajstić information content (AvgIpc) is 2.47. The van der Waals surface area contributed by atoms with Crippen molar-refractivity contribution in [3.8, 4) is 0 Å². The molecule has 0 unspecified atom stereocenters. The molecule has 1 aromatic heterocycles. The van der Waals surface area contributed by atoms with Crippen molar-refractivity contribution in [1.82, 2.24) is 15.0 Å². The largest absolute Gasteiger partial charge is 0.481 e. The van der Waals surface area contributed by atoms with Gasteiger partial charge in [0.2, 0.25) is 11.9 Å². The first kappa shape index (κ1) is 16.5. The Bertz CT molecular complexity index is 498. The van der Waals surface area contributed by atoms with Gasteiger partial charge in [-0.2, -0.15) is 15.0 Å². The van der Waals surface area contributed by atoms with Crippen LogP contribution in [-0.2, 0) is 4.79 Å². The van der Waals surface area contributed by atoms with Gasteiger partial charge in [0.1, 0.15) is 5.82 Å². The topological polar surface area (TPSA) is 91.2 Å². The normalized spacial score (nSPS) is 21.7. The van der Waals surface area contributed by atoms with Crippen LogP contribution in [0.5, 0.6) is 0 Å². The third kappa shape index (κ3) is 4.05. The third-order valence-electron chi connectivity index (χ3n) is 3.97. The summed E-state index contributed by atoms with van der Waals surface area (Å²) in [6.45, 7) is 4.10. The van der Waals surface area contributed by atoms with Crippen LogP contribution in [-0.4, -0.2) is 46.2 Å². The molecule has 0 aromatic carbocycles. The first-order chi connectivity index (χ1) is 10.4. The fourth-order valence-electron chi connectivity index (χ4n) is 2.57. The van der Waals surface area contributed by atoms with Gasteiger partial charge >= 0.3 is 5.97 Å². The van der Waals surface area contributed by atoms with E-state index in [4.69, 9.17) is 5.11 Å². The summed E-state index contributed by atoms with van der Waals surface area (Å²) in [4.78, 5) is 26.2. The third-order valence-corrected chi connectivity index (χ3v) is 3.97. The van der Waals surface area contributed by atoms with Crippen molar-refractivity contribution in [2.45, 2.75) is 51.5 Å². The highest BCUT2D eigenvalue weighted by Crippen LogP contribution is 2.26. The number of hydrogen-bond acceptors (Lipinski definition) is 6. The molecule has 0 radical (unpaired) electrons. The Hall–Kier alpha value is -1.92. The van der Waals surface area contributed by atoms with Gasteiger partial charge in [0, 0.05) is 26.1 Å². The van der Waals surface area contributed by atoms with Gasteiger partial charge in [-0.1, -0.05) is 13.8 Å². The van der Waals surface area contributed by atoms with Crippen LogP contribution in [0.1, 0.15) is 51.3 Å². The molecule has 1 aliphatic rings. The fourth-order valence-corrected chi connectivity index (χ4v) is 2.57. The molecule has 1 aliphatic carbocycles. The lowest BCUT2D eigenvalue weighted by molar-refractivity contribution is -0.142. The summed E-state index contributed by atoms with van der Waals surface area (Å²) in [5.74, 6) is 1.32. The van der Waals surface area contributed by atoms with E-state index in [9.17, 15) is 4.79 Å². The second kappa shape index (κ2) is 6.89. The molecule has 1 heterocycles. The highest BCUT2D eigenvalue weighted by atomic mass is 16.4. The minimum absolute atomic E-state index is 0.208. The smallest absolute Gasteiger partial charge is 0.306 e. The summed E-state index contributed by atoms with van der Waals surface area (Å²) in [6.07, 6.45) is 3.07. The first-order valence-electron chi connectivity index (χ1n) is 7.79. The minimum atomic E-state index is -0.685. The molecule has 1 saturated carbocycles. The van der Waals surface area contributed by atoms with Crippen LogP contribution in [0.25, 0.3) is 0 Å². The molecule has 0 amide bonds. The Balaban J connectivity index is 2.08. The zero-order valence-corrected chi connectivity index (χ0v) is 13.7. The van der Waals surface area contributed by atoms with Crippen molar-refractivity contribution < 1.29 is 9.90 Å². The molecule has 1 aromatic rings. The highest BCUT2D eigenvalue weighted by molar-refractivity contribution is 5.70. The summed E-state index contributed by atoms with van der Waals surface area (Å²) in [5, 5.41) is 12.4. The zero-order chi connectivity index (χ0) is 16.3. The molecule has 2 N–H and O–H groups in total. The predicted octanol–water partition coefficient (Wildman–Crippen LogP) is 2.12. The number of nitrogens with zero attached hydrogens (tertiary/aromatic N) is 4. The van der Waals surface area contributed by atoms with E-state index in [1.54, 1.807) is 0 Å². The number of nitrogens with one attached hydrogen (secondary N) is 1. The number of carbonyl (C=O) groups is 1. The number of aliphatic carboxylic acids is 1. The number of carboxylic acid groups (broad SMARTS) is 1. The highest BCUT2D eigenvalue weighted by Gasteiger charge is 2.26. The second-order valence-electron chi connectivity index (χ2n) is 6.40. The molecule has 0 atom stereocenters. The molecule has 2 rings (SSSR count). The Morgan fingerprint density at radius 1 is 1.18 bits per heavy atom. The zero-order valence-electron chi connectivity index (χ0n) is 13.7. The minimum Gasteiger partial charge on any atom is -0.481 e. The van der Waals surface area contributed by atoms with Gasteiger partial charge < -0.3 is 15.3 Å². The molecule has 0 saturated heterocycles. The number of aromatic nitrogens is 3. The van der Waals surface area contributed by atoms with E-state index in [0.29, 0.717) is 24.7 Å². The van der Waals surface area contributed by atoms with Crippen LogP contribution in [0.15, 0.2) is 0 Å². The Kier molecular flexibility index (Phi) is 5.15. The summed E-state index contributed by atoms with van der Waals surface area (Å²) in [6, 6.07) is 0.230.